The number of carbonyl (C=O) groups is 2. The summed E-state index contributed by atoms with van der Waals surface area (Å²) in [6.07, 6.45) is 2.60. The quantitative estimate of drug-likeness (QED) is 0.598. The first-order valence-corrected chi connectivity index (χ1v) is 11.6. The summed E-state index contributed by atoms with van der Waals surface area (Å²) in [5.74, 6) is 0.297. The minimum absolute atomic E-state index is 0.0935. The van der Waals surface area contributed by atoms with Crippen LogP contribution in [0.1, 0.15) is 25.1 Å². The number of carbonyl (C=O) groups excluding carboxylic acids is 2. The minimum Gasteiger partial charge on any atom is -0.495 e. The van der Waals surface area contributed by atoms with Gasteiger partial charge in [-0.15, -0.1) is 11.3 Å². The van der Waals surface area contributed by atoms with Crippen LogP contribution in [0.4, 0.5) is 5.69 Å². The van der Waals surface area contributed by atoms with Crippen LogP contribution in [0, 0.1) is 0 Å². The van der Waals surface area contributed by atoms with Gasteiger partial charge in [0, 0.05) is 10.9 Å². The molecule has 1 aromatic carbocycles. The van der Waals surface area contributed by atoms with Gasteiger partial charge in [0.2, 0.25) is 5.91 Å². The summed E-state index contributed by atoms with van der Waals surface area (Å²) in [5.41, 5.74) is 0.878. The average Bonchev–Trinajstić information content (AvgIpc) is 3.34. The molecule has 2 aromatic rings. The Morgan fingerprint density at radius 1 is 1.43 bits per heavy atom. The molecule has 0 saturated heterocycles. The molecular formula is C21H22ClN3O3S2. The van der Waals surface area contributed by atoms with E-state index in [-0.39, 0.29) is 23.6 Å². The summed E-state index contributed by atoms with van der Waals surface area (Å²) in [6.45, 7) is 3.96. The fourth-order valence-corrected chi connectivity index (χ4v) is 4.40. The maximum Gasteiger partial charge on any atom is 0.283 e. The average molecular weight is 464 g/mol. The molecule has 158 valence electrons. The van der Waals surface area contributed by atoms with Crippen molar-refractivity contribution in [2.45, 2.75) is 26.3 Å². The van der Waals surface area contributed by atoms with E-state index >= 15 is 0 Å². The van der Waals surface area contributed by atoms with Crippen LogP contribution < -0.4 is 15.0 Å². The van der Waals surface area contributed by atoms with Crippen molar-refractivity contribution in [3.8, 4) is 5.75 Å². The Morgan fingerprint density at radius 3 is 2.87 bits per heavy atom. The lowest BCUT2D eigenvalue weighted by molar-refractivity contribution is -0.119. The van der Waals surface area contributed by atoms with Crippen LogP contribution in [0.5, 0.6) is 5.75 Å². The van der Waals surface area contributed by atoms with E-state index in [0.717, 1.165) is 11.3 Å². The number of amides is 2. The number of aliphatic imine (C=N–C) groups is 1. The number of amidine groups is 1. The molecule has 0 spiro atoms. The number of rotatable bonds is 7. The molecule has 1 atom stereocenters. The molecule has 30 heavy (non-hydrogen) atoms. The molecule has 2 amide bonds. The van der Waals surface area contributed by atoms with Crippen LogP contribution in [-0.2, 0) is 9.59 Å². The summed E-state index contributed by atoms with van der Waals surface area (Å²) in [4.78, 5) is 32.3. The molecule has 6 nitrogen and oxygen atoms in total. The maximum atomic E-state index is 13.1. The molecule has 3 rings (SSSR count). The van der Waals surface area contributed by atoms with Gasteiger partial charge in [-0.05, 0) is 49.1 Å². The third kappa shape index (κ3) is 5.24. The van der Waals surface area contributed by atoms with Gasteiger partial charge in [-0.25, -0.2) is 4.99 Å². The highest BCUT2D eigenvalue weighted by Crippen LogP contribution is 2.34. The summed E-state index contributed by atoms with van der Waals surface area (Å²) >= 11 is 9.00. The molecule has 1 aliphatic rings. The second kappa shape index (κ2) is 10.1. The minimum atomic E-state index is -0.269. The first-order valence-electron chi connectivity index (χ1n) is 9.37. The number of hydrogen-bond donors (Lipinski definition) is 1. The fourth-order valence-electron chi connectivity index (χ4n) is 2.67. The van der Waals surface area contributed by atoms with Gasteiger partial charge in [0.25, 0.3) is 5.91 Å². The van der Waals surface area contributed by atoms with Crippen LogP contribution in [-0.4, -0.2) is 35.9 Å². The van der Waals surface area contributed by atoms with Crippen molar-refractivity contribution < 1.29 is 14.3 Å². The van der Waals surface area contributed by atoms with Crippen molar-refractivity contribution in [1.82, 2.24) is 5.32 Å². The molecule has 0 fully saturated rings. The smallest absolute Gasteiger partial charge is 0.283 e. The molecule has 1 N–H and O–H groups in total. The normalized spacial score (nSPS) is 16.0. The monoisotopic (exact) mass is 463 g/mol. The third-order valence-electron chi connectivity index (χ3n) is 4.40. The Kier molecular flexibility index (Phi) is 7.58. The van der Waals surface area contributed by atoms with Gasteiger partial charge in [-0.2, -0.15) is 0 Å². The van der Waals surface area contributed by atoms with Gasteiger partial charge in [-0.3, -0.25) is 14.5 Å². The molecule has 0 bridgehead atoms. The summed E-state index contributed by atoms with van der Waals surface area (Å²) in [5, 5.41) is 5.68. The molecule has 2 heterocycles. The summed E-state index contributed by atoms with van der Waals surface area (Å²) in [7, 11) is 1.53. The first-order chi connectivity index (χ1) is 14.4. The second-order valence-corrected chi connectivity index (χ2v) is 8.89. The van der Waals surface area contributed by atoms with Crippen LogP contribution in [0.3, 0.4) is 0 Å². The summed E-state index contributed by atoms with van der Waals surface area (Å²) in [6, 6.07) is 9.02. The molecule has 9 heteroatoms. The number of nitrogens with one attached hydrogen (secondary N) is 1. The highest BCUT2D eigenvalue weighted by Gasteiger charge is 2.33. The van der Waals surface area contributed by atoms with E-state index < -0.39 is 0 Å². The number of halogens is 1. The van der Waals surface area contributed by atoms with Crippen molar-refractivity contribution in [1.29, 1.82) is 0 Å². The van der Waals surface area contributed by atoms with Crippen molar-refractivity contribution >= 4 is 63.4 Å². The van der Waals surface area contributed by atoms with Crippen molar-refractivity contribution in [2.24, 2.45) is 4.99 Å². The van der Waals surface area contributed by atoms with Gasteiger partial charge < -0.3 is 10.1 Å². The SMILES string of the molecule is CCC(C)NC(=O)CSC1=NC(=Cc2cccs2)C(=O)N1c1ccc(OC)c(Cl)c1. The Bertz CT molecular complexity index is 989. The Labute approximate surface area is 189 Å². The molecule has 1 aromatic heterocycles. The topological polar surface area (TPSA) is 71.0 Å². The lowest BCUT2D eigenvalue weighted by Crippen LogP contribution is -2.35. The van der Waals surface area contributed by atoms with Gasteiger partial charge in [-0.1, -0.05) is 36.4 Å². The van der Waals surface area contributed by atoms with E-state index in [9.17, 15) is 9.59 Å². The van der Waals surface area contributed by atoms with E-state index in [0.29, 0.717) is 27.3 Å². The number of benzene rings is 1. The van der Waals surface area contributed by atoms with E-state index in [2.05, 4.69) is 10.3 Å². The van der Waals surface area contributed by atoms with E-state index in [1.807, 2.05) is 31.4 Å². The number of methoxy groups -OCH3 is 1. The number of anilines is 1. The zero-order chi connectivity index (χ0) is 21.7. The van der Waals surface area contributed by atoms with Crippen molar-refractivity contribution in [3.63, 3.8) is 0 Å². The molecule has 0 saturated carbocycles. The third-order valence-corrected chi connectivity index (χ3v) is 6.45. The van der Waals surface area contributed by atoms with Crippen LogP contribution in [0.2, 0.25) is 5.02 Å². The number of ether oxygens (including phenoxy) is 1. The van der Waals surface area contributed by atoms with Crippen LogP contribution in [0.15, 0.2) is 46.4 Å². The Morgan fingerprint density at radius 2 is 2.23 bits per heavy atom. The fraction of sp³-hybridized carbons (Fsp3) is 0.286. The second-order valence-electron chi connectivity index (χ2n) is 6.56. The Balaban J connectivity index is 1.88. The van der Waals surface area contributed by atoms with Gasteiger partial charge in [0.1, 0.15) is 11.4 Å². The molecule has 0 aliphatic carbocycles. The predicted molar refractivity (Wildman–Crippen MR) is 126 cm³/mol. The predicted octanol–water partition coefficient (Wildman–Crippen LogP) is 4.80. The number of hydrogen-bond acceptors (Lipinski definition) is 6. The highest BCUT2D eigenvalue weighted by atomic mass is 35.5. The maximum absolute atomic E-state index is 13.1. The summed E-state index contributed by atoms with van der Waals surface area (Å²) < 4.78 is 5.20. The van der Waals surface area contributed by atoms with Crippen molar-refractivity contribution in [2.75, 3.05) is 17.8 Å². The number of thiophene rings is 1. The molecule has 0 radical (unpaired) electrons. The van der Waals surface area contributed by atoms with Gasteiger partial charge in [0.05, 0.1) is 23.6 Å². The van der Waals surface area contributed by atoms with E-state index in [1.165, 1.54) is 35.1 Å². The zero-order valence-electron chi connectivity index (χ0n) is 16.8. The zero-order valence-corrected chi connectivity index (χ0v) is 19.2. The molecular weight excluding hydrogens is 442 g/mol. The lowest BCUT2D eigenvalue weighted by atomic mass is 10.2. The van der Waals surface area contributed by atoms with Crippen LogP contribution in [0.25, 0.3) is 6.08 Å². The first kappa shape index (κ1) is 22.4. The van der Waals surface area contributed by atoms with Gasteiger partial charge in [0.15, 0.2) is 5.17 Å². The number of nitrogens with zero attached hydrogens (tertiary/aromatic N) is 2. The number of thioether (sulfide) groups is 1. The molecule has 1 aliphatic heterocycles. The van der Waals surface area contributed by atoms with Crippen LogP contribution >= 0.6 is 34.7 Å². The lowest BCUT2D eigenvalue weighted by Gasteiger charge is -2.19. The Hall–Kier alpha value is -2.29. The van der Waals surface area contributed by atoms with E-state index in [1.54, 1.807) is 24.3 Å². The molecule has 1 unspecified atom stereocenters. The highest BCUT2D eigenvalue weighted by molar-refractivity contribution is 8.14. The van der Waals surface area contributed by atoms with Gasteiger partial charge >= 0.3 is 0 Å². The van der Waals surface area contributed by atoms with Crippen molar-refractivity contribution in [3.05, 3.63) is 51.3 Å². The largest absolute Gasteiger partial charge is 0.495 e. The standard InChI is InChI=1S/C21H22ClN3O3S2/c1-4-13(2)23-19(26)12-30-21-24-17(11-15-6-5-9-29-15)20(27)25(21)14-7-8-18(28-3)16(22)10-14/h5-11,13H,4,12H2,1-3H3,(H,23,26). The van der Waals surface area contributed by atoms with E-state index in [4.69, 9.17) is 16.3 Å².